The van der Waals surface area contributed by atoms with E-state index in [1.165, 1.54) is 6.33 Å². The normalized spacial score (nSPS) is 12.0. The number of para-hydroxylation sites is 1. The molecular formula is C25H22N8O2. The summed E-state index contributed by atoms with van der Waals surface area (Å²) in [4.78, 5) is 31.3. The van der Waals surface area contributed by atoms with Gasteiger partial charge >= 0.3 is 0 Å². The minimum atomic E-state index is -0.844. The molecule has 35 heavy (non-hydrogen) atoms. The summed E-state index contributed by atoms with van der Waals surface area (Å²) in [7, 11) is 0. The lowest BCUT2D eigenvalue weighted by atomic mass is 10.1. The molecule has 0 aliphatic rings. The summed E-state index contributed by atoms with van der Waals surface area (Å²) in [6.07, 6.45) is 2.13. The Bertz CT molecular complexity index is 1720. The summed E-state index contributed by atoms with van der Waals surface area (Å²) < 4.78 is 3.17. The maximum absolute atomic E-state index is 13.8. The van der Waals surface area contributed by atoms with Crippen molar-refractivity contribution in [1.29, 1.82) is 0 Å². The number of aliphatic hydroxyl groups excluding tert-OH is 1. The first-order valence-corrected chi connectivity index (χ1v) is 10.9. The van der Waals surface area contributed by atoms with Crippen molar-refractivity contribution >= 4 is 27.9 Å². The quantitative estimate of drug-likeness (QED) is 0.385. The molecule has 0 saturated heterocycles. The molecule has 0 unspecified atom stereocenters. The molecule has 0 saturated carbocycles. The Balaban J connectivity index is 1.79. The van der Waals surface area contributed by atoms with E-state index in [2.05, 4.69) is 31.9 Å². The lowest BCUT2D eigenvalue weighted by Gasteiger charge is -2.16. The van der Waals surface area contributed by atoms with Crippen molar-refractivity contribution < 1.29 is 5.11 Å². The molecule has 1 atom stereocenters. The van der Waals surface area contributed by atoms with Gasteiger partial charge in [-0.1, -0.05) is 24.1 Å². The Morgan fingerprint density at radius 3 is 2.66 bits per heavy atom. The van der Waals surface area contributed by atoms with Crippen molar-refractivity contribution in [2.45, 2.75) is 33.4 Å². The molecule has 0 aliphatic carbocycles. The summed E-state index contributed by atoms with van der Waals surface area (Å²) in [5, 5.41) is 15.1. The van der Waals surface area contributed by atoms with Gasteiger partial charge in [0.2, 0.25) is 0 Å². The second-order valence-electron chi connectivity index (χ2n) is 8.19. The minimum absolute atomic E-state index is 0.0957. The lowest BCUT2D eigenvalue weighted by molar-refractivity contribution is 0.253. The SMILES string of the molecule is Cc1ccccc1-n1c(Cn2nc(C#C[C@@H](C)O)c3c(N)ncnc32)nc2nccc(C)c2c1=O. The first kappa shape index (κ1) is 22.2. The predicted molar refractivity (Wildman–Crippen MR) is 132 cm³/mol. The van der Waals surface area contributed by atoms with Gasteiger partial charge in [0.25, 0.3) is 5.56 Å². The molecule has 5 rings (SSSR count). The van der Waals surface area contributed by atoms with Crippen LogP contribution in [-0.2, 0) is 6.54 Å². The van der Waals surface area contributed by atoms with Crippen LogP contribution in [0.5, 0.6) is 0 Å². The van der Waals surface area contributed by atoms with E-state index in [-0.39, 0.29) is 17.9 Å². The van der Waals surface area contributed by atoms with E-state index in [4.69, 9.17) is 10.7 Å². The van der Waals surface area contributed by atoms with E-state index in [0.29, 0.717) is 39.3 Å². The van der Waals surface area contributed by atoms with Crippen LogP contribution >= 0.6 is 0 Å². The van der Waals surface area contributed by atoms with E-state index >= 15 is 0 Å². The molecule has 10 nitrogen and oxygen atoms in total. The van der Waals surface area contributed by atoms with Gasteiger partial charge in [0.1, 0.15) is 36.3 Å². The van der Waals surface area contributed by atoms with Crippen molar-refractivity contribution in [3.05, 3.63) is 75.9 Å². The number of pyridine rings is 1. The third-order valence-electron chi connectivity index (χ3n) is 5.65. The van der Waals surface area contributed by atoms with Crippen molar-refractivity contribution in [3.8, 4) is 17.5 Å². The van der Waals surface area contributed by atoms with Crippen LogP contribution in [0.2, 0.25) is 0 Å². The van der Waals surface area contributed by atoms with Crippen LogP contribution in [0.4, 0.5) is 5.82 Å². The van der Waals surface area contributed by atoms with Gasteiger partial charge < -0.3 is 10.8 Å². The highest BCUT2D eigenvalue weighted by atomic mass is 16.3. The highest BCUT2D eigenvalue weighted by Gasteiger charge is 2.20. The van der Waals surface area contributed by atoms with Gasteiger partial charge in [-0.3, -0.25) is 9.36 Å². The lowest BCUT2D eigenvalue weighted by Crippen LogP contribution is -2.27. The van der Waals surface area contributed by atoms with Gasteiger partial charge in [-0.2, -0.15) is 5.10 Å². The molecule has 174 valence electrons. The van der Waals surface area contributed by atoms with Gasteiger partial charge in [-0.25, -0.2) is 24.6 Å². The molecule has 0 fully saturated rings. The average Bonchev–Trinajstić information content (AvgIpc) is 3.17. The number of hydrogen-bond donors (Lipinski definition) is 2. The fourth-order valence-electron chi connectivity index (χ4n) is 4.00. The first-order valence-electron chi connectivity index (χ1n) is 10.9. The second kappa shape index (κ2) is 8.62. The zero-order valence-corrected chi connectivity index (χ0v) is 19.4. The standard InChI is InChI=1S/C25H22N8O2/c1-14-6-4-5-7-18(14)33-19(30-23-20(25(33)35)15(2)10-11-27-23)12-32-24-21(22(26)28-13-29-24)17(31-32)9-8-16(3)34/h4-7,10-11,13,16,34H,12H2,1-3H3,(H2,26,28,29)/t16-/m1/s1. The third-order valence-corrected chi connectivity index (χ3v) is 5.65. The van der Waals surface area contributed by atoms with Crippen LogP contribution in [0.25, 0.3) is 27.8 Å². The van der Waals surface area contributed by atoms with Gasteiger partial charge in [-0.15, -0.1) is 0 Å². The van der Waals surface area contributed by atoms with Crippen LogP contribution in [0.15, 0.2) is 47.7 Å². The zero-order valence-electron chi connectivity index (χ0n) is 19.4. The van der Waals surface area contributed by atoms with Crippen LogP contribution < -0.4 is 11.3 Å². The number of fused-ring (bicyclic) bond motifs is 2. The number of nitrogens with two attached hydrogens (primary N) is 1. The number of anilines is 1. The Kier molecular flexibility index (Phi) is 5.47. The van der Waals surface area contributed by atoms with E-state index in [0.717, 1.165) is 11.1 Å². The van der Waals surface area contributed by atoms with Crippen LogP contribution in [0.1, 0.15) is 29.6 Å². The third kappa shape index (κ3) is 3.88. The molecule has 1 aromatic carbocycles. The molecule has 0 bridgehead atoms. The monoisotopic (exact) mass is 466 g/mol. The fraction of sp³-hybridized carbons (Fsp3) is 0.200. The summed E-state index contributed by atoms with van der Waals surface area (Å²) in [5.74, 6) is 6.17. The fourth-order valence-corrected chi connectivity index (χ4v) is 4.00. The molecule has 10 heteroatoms. The Morgan fingerprint density at radius 1 is 1.09 bits per heavy atom. The number of rotatable bonds is 3. The number of hydrogen-bond acceptors (Lipinski definition) is 8. The average molecular weight is 467 g/mol. The van der Waals surface area contributed by atoms with E-state index in [1.807, 2.05) is 38.1 Å². The van der Waals surface area contributed by atoms with E-state index in [1.54, 1.807) is 28.4 Å². The van der Waals surface area contributed by atoms with Gasteiger partial charge in [0.15, 0.2) is 11.3 Å². The predicted octanol–water partition coefficient (Wildman–Crippen LogP) is 1.90. The van der Waals surface area contributed by atoms with Gasteiger partial charge in [-0.05, 0) is 50.0 Å². The number of nitrogen functional groups attached to an aromatic ring is 1. The Morgan fingerprint density at radius 2 is 1.89 bits per heavy atom. The molecule has 3 N–H and O–H groups in total. The number of aryl methyl sites for hydroxylation is 2. The number of aromatic nitrogens is 7. The smallest absolute Gasteiger partial charge is 0.267 e. The van der Waals surface area contributed by atoms with Gasteiger partial charge in [0.05, 0.1) is 16.5 Å². The summed E-state index contributed by atoms with van der Waals surface area (Å²) in [5.41, 5.74) is 9.44. The Hall–Kier alpha value is -4.62. The van der Waals surface area contributed by atoms with Crippen molar-refractivity contribution in [3.63, 3.8) is 0 Å². The largest absolute Gasteiger partial charge is 0.383 e. The number of nitrogens with zero attached hydrogens (tertiary/aromatic N) is 7. The molecule has 0 spiro atoms. The summed E-state index contributed by atoms with van der Waals surface area (Å²) in [6, 6.07) is 9.40. The van der Waals surface area contributed by atoms with E-state index in [9.17, 15) is 9.90 Å². The summed E-state index contributed by atoms with van der Waals surface area (Å²) in [6.45, 7) is 5.45. The van der Waals surface area contributed by atoms with Crippen molar-refractivity contribution in [2.75, 3.05) is 5.73 Å². The Labute approximate surface area is 200 Å². The minimum Gasteiger partial charge on any atom is -0.383 e. The molecule has 0 radical (unpaired) electrons. The number of aliphatic hydroxyl groups is 1. The van der Waals surface area contributed by atoms with Crippen molar-refractivity contribution in [2.24, 2.45) is 0 Å². The highest BCUT2D eigenvalue weighted by molar-refractivity contribution is 5.90. The molecule has 0 amide bonds. The molecule has 4 heterocycles. The zero-order chi connectivity index (χ0) is 24.7. The molecule has 5 aromatic rings. The van der Waals surface area contributed by atoms with Crippen molar-refractivity contribution in [1.82, 2.24) is 34.3 Å². The molecule has 0 aliphatic heterocycles. The maximum atomic E-state index is 13.8. The topological polar surface area (TPSA) is 138 Å². The van der Waals surface area contributed by atoms with Crippen LogP contribution in [-0.4, -0.2) is 45.5 Å². The van der Waals surface area contributed by atoms with Crippen LogP contribution in [0.3, 0.4) is 0 Å². The first-order chi connectivity index (χ1) is 16.8. The highest BCUT2D eigenvalue weighted by Crippen LogP contribution is 2.23. The second-order valence-corrected chi connectivity index (χ2v) is 8.19. The van der Waals surface area contributed by atoms with E-state index < -0.39 is 6.10 Å². The maximum Gasteiger partial charge on any atom is 0.267 e. The number of benzene rings is 1. The summed E-state index contributed by atoms with van der Waals surface area (Å²) >= 11 is 0. The molecule has 4 aromatic heterocycles. The van der Waals surface area contributed by atoms with Crippen LogP contribution in [0, 0.1) is 25.7 Å². The molecular weight excluding hydrogens is 444 g/mol. The van der Waals surface area contributed by atoms with Gasteiger partial charge in [0, 0.05) is 6.20 Å².